The van der Waals surface area contributed by atoms with Crippen LogP contribution < -0.4 is 5.32 Å². The number of nitrogens with zero attached hydrogens (tertiary/aromatic N) is 1. The summed E-state index contributed by atoms with van der Waals surface area (Å²) in [5, 5.41) is 2.93. The topological polar surface area (TPSA) is 49.4 Å². The molecule has 0 heterocycles. The third-order valence-electron chi connectivity index (χ3n) is 4.27. The largest absolute Gasteiger partial charge is 0.354 e. The zero-order valence-corrected chi connectivity index (χ0v) is 14.9. The van der Waals surface area contributed by atoms with Gasteiger partial charge < -0.3 is 10.2 Å². The van der Waals surface area contributed by atoms with E-state index in [1.54, 1.807) is 4.90 Å². The molecule has 0 bridgehead atoms. The summed E-state index contributed by atoms with van der Waals surface area (Å²) < 4.78 is 0. The van der Waals surface area contributed by atoms with E-state index in [1.807, 2.05) is 48.5 Å². The van der Waals surface area contributed by atoms with Crippen molar-refractivity contribution in [2.24, 2.45) is 0 Å². The molecule has 0 spiro atoms. The summed E-state index contributed by atoms with van der Waals surface area (Å²) in [4.78, 5) is 25.6. The summed E-state index contributed by atoms with van der Waals surface area (Å²) in [6.07, 6.45) is 0.744. The Bertz CT molecular complexity index is 671. The lowest BCUT2D eigenvalue weighted by Crippen LogP contribution is -2.41. The smallest absolute Gasteiger partial charge is 0.239 e. The maximum absolute atomic E-state index is 12.2. The van der Waals surface area contributed by atoms with E-state index in [-0.39, 0.29) is 24.3 Å². The molecule has 2 amide bonds. The van der Waals surface area contributed by atoms with E-state index in [9.17, 15) is 9.59 Å². The van der Waals surface area contributed by atoms with E-state index >= 15 is 0 Å². The minimum absolute atomic E-state index is 0.0813. The van der Waals surface area contributed by atoms with Crippen molar-refractivity contribution in [3.05, 3.63) is 71.8 Å². The molecule has 0 aliphatic carbocycles. The van der Waals surface area contributed by atoms with Gasteiger partial charge >= 0.3 is 0 Å². The average molecular weight is 338 g/mol. The van der Waals surface area contributed by atoms with Crippen molar-refractivity contribution < 1.29 is 9.59 Å². The Morgan fingerprint density at radius 3 is 2.20 bits per heavy atom. The van der Waals surface area contributed by atoms with Crippen LogP contribution in [0.5, 0.6) is 0 Å². The highest BCUT2D eigenvalue weighted by Crippen LogP contribution is 2.12. The molecule has 1 atom stereocenters. The highest BCUT2D eigenvalue weighted by atomic mass is 16.2. The summed E-state index contributed by atoms with van der Waals surface area (Å²) in [5.41, 5.74) is 2.35. The van der Waals surface area contributed by atoms with Crippen LogP contribution in [0, 0.1) is 0 Å². The Hall–Kier alpha value is -2.62. The molecular weight excluding hydrogens is 312 g/mol. The molecule has 0 unspecified atom stereocenters. The second-order valence-corrected chi connectivity index (χ2v) is 6.29. The van der Waals surface area contributed by atoms with Crippen molar-refractivity contribution in [3.8, 4) is 0 Å². The molecule has 4 heteroatoms. The summed E-state index contributed by atoms with van der Waals surface area (Å²) in [6, 6.07) is 20.1. The van der Waals surface area contributed by atoms with Gasteiger partial charge in [-0.25, -0.2) is 0 Å². The number of hydrogen-bond acceptors (Lipinski definition) is 2. The second kappa shape index (κ2) is 9.62. The van der Waals surface area contributed by atoms with Gasteiger partial charge in [0.2, 0.25) is 11.8 Å². The standard InChI is InChI=1S/C21H26N2O2/c1-17(20-11-7-4-8-12-20)15-22-21(25)16-23(18(2)24)14-13-19-9-5-3-6-10-19/h3-12,17H,13-16H2,1-2H3,(H,22,25)/t17-/m0/s1. The first-order valence-electron chi connectivity index (χ1n) is 8.67. The van der Waals surface area contributed by atoms with Crippen molar-refractivity contribution in [2.45, 2.75) is 26.2 Å². The highest BCUT2D eigenvalue weighted by molar-refractivity contribution is 5.83. The maximum atomic E-state index is 12.2. The first kappa shape index (κ1) is 18.7. The number of amides is 2. The van der Waals surface area contributed by atoms with Gasteiger partial charge in [-0.1, -0.05) is 67.6 Å². The molecule has 2 aromatic rings. The average Bonchev–Trinajstić information content (AvgIpc) is 2.64. The summed E-state index contributed by atoms with van der Waals surface area (Å²) in [6.45, 7) is 4.79. The molecule has 0 fully saturated rings. The maximum Gasteiger partial charge on any atom is 0.239 e. The normalized spacial score (nSPS) is 11.6. The predicted octanol–water partition coefficient (Wildman–Crippen LogP) is 3.00. The van der Waals surface area contributed by atoms with Gasteiger partial charge in [0, 0.05) is 20.0 Å². The van der Waals surface area contributed by atoms with Crippen LogP contribution in [-0.4, -0.2) is 36.3 Å². The quantitative estimate of drug-likeness (QED) is 0.804. The molecular formula is C21H26N2O2. The zero-order valence-electron chi connectivity index (χ0n) is 14.9. The summed E-state index contributed by atoms with van der Waals surface area (Å²) >= 11 is 0. The Kier molecular flexibility index (Phi) is 7.20. The van der Waals surface area contributed by atoms with E-state index in [0.717, 1.165) is 12.0 Å². The van der Waals surface area contributed by atoms with Crippen LogP contribution in [0.25, 0.3) is 0 Å². The molecule has 132 valence electrons. The number of hydrogen-bond donors (Lipinski definition) is 1. The van der Waals surface area contributed by atoms with Gasteiger partial charge in [0.15, 0.2) is 0 Å². The van der Waals surface area contributed by atoms with Gasteiger partial charge in [0.25, 0.3) is 0 Å². The Morgan fingerprint density at radius 2 is 1.60 bits per heavy atom. The minimum atomic E-state index is -0.119. The number of carbonyl (C=O) groups excluding carboxylic acids is 2. The lowest BCUT2D eigenvalue weighted by molar-refractivity contribution is -0.134. The molecule has 0 saturated carbocycles. The van der Waals surface area contributed by atoms with Crippen LogP contribution in [-0.2, 0) is 16.0 Å². The fraction of sp³-hybridized carbons (Fsp3) is 0.333. The van der Waals surface area contributed by atoms with Crippen LogP contribution in [0.4, 0.5) is 0 Å². The van der Waals surface area contributed by atoms with E-state index in [0.29, 0.717) is 13.1 Å². The molecule has 0 aliphatic heterocycles. The lowest BCUT2D eigenvalue weighted by atomic mass is 10.0. The highest BCUT2D eigenvalue weighted by Gasteiger charge is 2.14. The fourth-order valence-electron chi connectivity index (χ4n) is 2.65. The van der Waals surface area contributed by atoms with Crippen molar-refractivity contribution >= 4 is 11.8 Å². The van der Waals surface area contributed by atoms with Gasteiger partial charge in [0.1, 0.15) is 0 Å². The molecule has 2 aromatic carbocycles. The monoisotopic (exact) mass is 338 g/mol. The van der Waals surface area contributed by atoms with Crippen molar-refractivity contribution in [3.63, 3.8) is 0 Å². The predicted molar refractivity (Wildman–Crippen MR) is 100 cm³/mol. The molecule has 0 aromatic heterocycles. The first-order chi connectivity index (χ1) is 12.1. The third-order valence-corrected chi connectivity index (χ3v) is 4.27. The molecule has 25 heavy (non-hydrogen) atoms. The fourth-order valence-corrected chi connectivity index (χ4v) is 2.65. The van der Waals surface area contributed by atoms with Crippen LogP contribution in [0.2, 0.25) is 0 Å². The van der Waals surface area contributed by atoms with Crippen LogP contribution >= 0.6 is 0 Å². The SMILES string of the molecule is CC(=O)N(CCc1ccccc1)CC(=O)NC[C@H](C)c1ccccc1. The molecule has 0 aliphatic rings. The van der Waals surface area contributed by atoms with E-state index in [1.165, 1.54) is 12.5 Å². The van der Waals surface area contributed by atoms with Crippen LogP contribution in [0.1, 0.15) is 30.9 Å². The second-order valence-electron chi connectivity index (χ2n) is 6.29. The molecule has 1 N–H and O–H groups in total. The van der Waals surface area contributed by atoms with E-state index in [2.05, 4.69) is 24.4 Å². The van der Waals surface area contributed by atoms with Gasteiger partial charge in [-0.2, -0.15) is 0 Å². The lowest BCUT2D eigenvalue weighted by Gasteiger charge is -2.21. The Labute approximate surface area is 149 Å². The Balaban J connectivity index is 1.80. The van der Waals surface area contributed by atoms with Gasteiger partial charge in [-0.15, -0.1) is 0 Å². The van der Waals surface area contributed by atoms with Crippen LogP contribution in [0.15, 0.2) is 60.7 Å². The van der Waals surface area contributed by atoms with Gasteiger partial charge in [-0.3, -0.25) is 9.59 Å². The van der Waals surface area contributed by atoms with E-state index < -0.39 is 0 Å². The molecule has 0 radical (unpaired) electrons. The third kappa shape index (κ3) is 6.42. The van der Waals surface area contributed by atoms with Crippen molar-refractivity contribution in [1.82, 2.24) is 10.2 Å². The van der Waals surface area contributed by atoms with Crippen LogP contribution in [0.3, 0.4) is 0 Å². The summed E-state index contributed by atoms with van der Waals surface area (Å²) in [7, 11) is 0. The minimum Gasteiger partial charge on any atom is -0.354 e. The number of carbonyl (C=O) groups is 2. The van der Waals surface area contributed by atoms with E-state index in [4.69, 9.17) is 0 Å². The van der Waals surface area contributed by atoms with Gasteiger partial charge in [-0.05, 0) is 23.5 Å². The first-order valence-corrected chi connectivity index (χ1v) is 8.67. The molecule has 0 saturated heterocycles. The Morgan fingerprint density at radius 1 is 1.00 bits per heavy atom. The molecule has 4 nitrogen and oxygen atoms in total. The van der Waals surface area contributed by atoms with Crippen molar-refractivity contribution in [1.29, 1.82) is 0 Å². The number of nitrogens with one attached hydrogen (secondary N) is 1. The van der Waals surface area contributed by atoms with Crippen molar-refractivity contribution in [2.75, 3.05) is 19.6 Å². The number of benzene rings is 2. The summed E-state index contributed by atoms with van der Waals surface area (Å²) in [5.74, 6) is 0.0356. The number of rotatable bonds is 8. The zero-order chi connectivity index (χ0) is 18.1. The van der Waals surface area contributed by atoms with Gasteiger partial charge in [0.05, 0.1) is 6.54 Å². The molecule has 2 rings (SSSR count).